The molecule has 0 fully saturated rings. The van der Waals surface area contributed by atoms with Crippen LogP contribution in [0.2, 0.25) is 0 Å². The van der Waals surface area contributed by atoms with Crippen LogP contribution in [0.4, 0.5) is 8.78 Å². The molecule has 0 N–H and O–H groups in total. The third kappa shape index (κ3) is 4.50. The van der Waals surface area contributed by atoms with Gasteiger partial charge in [0.1, 0.15) is 11.6 Å². The van der Waals surface area contributed by atoms with Crippen LogP contribution < -0.4 is 9.47 Å². The van der Waals surface area contributed by atoms with Gasteiger partial charge in [-0.3, -0.25) is 4.79 Å². The minimum atomic E-state index is -0.682. The number of rotatable bonds is 7. The van der Waals surface area contributed by atoms with Gasteiger partial charge in [0.05, 0.1) is 27.0 Å². The molecule has 9 heteroatoms. The van der Waals surface area contributed by atoms with E-state index in [1.807, 2.05) is 6.07 Å². The summed E-state index contributed by atoms with van der Waals surface area (Å²) in [7, 11) is 4.70. The van der Waals surface area contributed by atoms with Crippen molar-refractivity contribution >= 4 is 5.91 Å². The number of nitrogens with zero attached hydrogens (tertiary/aromatic N) is 4. The van der Waals surface area contributed by atoms with Gasteiger partial charge in [0.2, 0.25) is 0 Å². The van der Waals surface area contributed by atoms with Crippen LogP contribution in [0.5, 0.6) is 11.5 Å². The molecule has 0 aliphatic carbocycles. The maximum atomic E-state index is 13.8. The van der Waals surface area contributed by atoms with Crippen molar-refractivity contribution in [3.63, 3.8) is 0 Å². The number of aromatic nitrogens is 3. The normalized spacial score (nSPS) is 10.7. The molecule has 152 valence electrons. The Morgan fingerprint density at radius 2 is 1.79 bits per heavy atom. The van der Waals surface area contributed by atoms with Crippen LogP contribution in [0.3, 0.4) is 0 Å². The Kier molecular flexibility index (Phi) is 6.06. The lowest BCUT2D eigenvalue weighted by Crippen LogP contribution is -2.26. The SMILES string of the molecule is COc1ccc(CN(C)C(=O)c2cn(Cc3c(F)cccc3F)nn2)cc1OC. The first-order valence-electron chi connectivity index (χ1n) is 8.72. The van der Waals surface area contributed by atoms with Gasteiger partial charge in [-0.25, -0.2) is 13.5 Å². The van der Waals surface area contributed by atoms with Crippen molar-refractivity contribution in [1.29, 1.82) is 0 Å². The van der Waals surface area contributed by atoms with E-state index in [0.717, 1.165) is 17.7 Å². The number of methoxy groups -OCH3 is 2. The zero-order valence-electron chi connectivity index (χ0n) is 16.2. The largest absolute Gasteiger partial charge is 0.493 e. The predicted octanol–water partition coefficient (Wildman–Crippen LogP) is 2.89. The number of amides is 1. The van der Waals surface area contributed by atoms with Gasteiger partial charge in [-0.05, 0) is 29.8 Å². The van der Waals surface area contributed by atoms with E-state index in [1.54, 1.807) is 26.3 Å². The summed E-state index contributed by atoms with van der Waals surface area (Å²) in [6.07, 6.45) is 1.36. The Bertz CT molecular complexity index is 1000. The summed E-state index contributed by atoms with van der Waals surface area (Å²) in [5.41, 5.74) is 0.763. The highest BCUT2D eigenvalue weighted by molar-refractivity contribution is 5.91. The van der Waals surface area contributed by atoms with Gasteiger partial charge in [0.25, 0.3) is 5.91 Å². The van der Waals surface area contributed by atoms with Crippen molar-refractivity contribution in [1.82, 2.24) is 19.9 Å². The molecule has 0 spiro atoms. The Hall–Kier alpha value is -3.49. The molecule has 1 heterocycles. The van der Waals surface area contributed by atoms with E-state index in [4.69, 9.17) is 9.47 Å². The van der Waals surface area contributed by atoms with Gasteiger partial charge in [0, 0.05) is 19.2 Å². The first-order valence-corrected chi connectivity index (χ1v) is 8.72. The molecule has 0 aliphatic rings. The molecular formula is C20H20F2N4O3. The fourth-order valence-electron chi connectivity index (χ4n) is 2.84. The molecule has 0 unspecified atom stereocenters. The van der Waals surface area contributed by atoms with Crippen LogP contribution in [0.25, 0.3) is 0 Å². The van der Waals surface area contributed by atoms with Gasteiger partial charge in [-0.1, -0.05) is 17.3 Å². The molecule has 0 aliphatic heterocycles. The number of benzene rings is 2. The van der Waals surface area contributed by atoms with Crippen molar-refractivity contribution in [2.45, 2.75) is 13.1 Å². The minimum Gasteiger partial charge on any atom is -0.493 e. The van der Waals surface area contributed by atoms with Crippen LogP contribution in [0.15, 0.2) is 42.6 Å². The molecular weight excluding hydrogens is 382 g/mol. The molecule has 0 saturated carbocycles. The lowest BCUT2D eigenvalue weighted by Gasteiger charge is -2.17. The molecule has 3 aromatic rings. The average Bonchev–Trinajstić information content (AvgIpc) is 3.18. The molecule has 0 radical (unpaired) electrons. The van der Waals surface area contributed by atoms with Crippen molar-refractivity contribution in [3.8, 4) is 11.5 Å². The summed E-state index contributed by atoms with van der Waals surface area (Å²) in [6, 6.07) is 8.97. The Morgan fingerprint density at radius 1 is 1.10 bits per heavy atom. The highest BCUT2D eigenvalue weighted by Gasteiger charge is 2.18. The highest BCUT2D eigenvalue weighted by atomic mass is 19.1. The quantitative estimate of drug-likeness (QED) is 0.608. The summed E-state index contributed by atoms with van der Waals surface area (Å²) in [4.78, 5) is 14.1. The van der Waals surface area contributed by atoms with Crippen LogP contribution in [-0.2, 0) is 13.1 Å². The average molecular weight is 402 g/mol. The summed E-state index contributed by atoms with van der Waals surface area (Å²) in [5.74, 6) is -0.588. The van der Waals surface area contributed by atoms with Crippen LogP contribution >= 0.6 is 0 Å². The third-order valence-corrected chi connectivity index (χ3v) is 4.35. The van der Waals surface area contributed by atoms with E-state index in [0.29, 0.717) is 18.0 Å². The highest BCUT2D eigenvalue weighted by Crippen LogP contribution is 2.28. The Balaban J connectivity index is 1.71. The molecule has 0 bridgehead atoms. The molecule has 7 nitrogen and oxygen atoms in total. The Labute approximate surface area is 166 Å². The molecule has 1 amide bonds. The first-order chi connectivity index (χ1) is 13.9. The van der Waals surface area contributed by atoms with E-state index < -0.39 is 11.6 Å². The zero-order valence-corrected chi connectivity index (χ0v) is 16.2. The van der Waals surface area contributed by atoms with Gasteiger partial charge in [-0.15, -0.1) is 5.10 Å². The van der Waals surface area contributed by atoms with Gasteiger partial charge in [-0.2, -0.15) is 0 Å². The van der Waals surface area contributed by atoms with Crippen molar-refractivity contribution in [2.24, 2.45) is 0 Å². The third-order valence-electron chi connectivity index (χ3n) is 4.35. The maximum Gasteiger partial charge on any atom is 0.276 e. The van der Waals surface area contributed by atoms with Gasteiger partial charge >= 0.3 is 0 Å². The molecule has 29 heavy (non-hydrogen) atoms. The second-order valence-corrected chi connectivity index (χ2v) is 6.35. The fraction of sp³-hybridized carbons (Fsp3) is 0.250. The van der Waals surface area contributed by atoms with Crippen LogP contribution in [-0.4, -0.2) is 47.1 Å². The molecule has 3 rings (SSSR count). The monoisotopic (exact) mass is 402 g/mol. The number of hydrogen-bond acceptors (Lipinski definition) is 5. The van der Waals surface area contributed by atoms with E-state index >= 15 is 0 Å². The van der Waals surface area contributed by atoms with Gasteiger partial charge < -0.3 is 14.4 Å². The topological polar surface area (TPSA) is 69.5 Å². The van der Waals surface area contributed by atoms with E-state index in [-0.39, 0.29) is 23.7 Å². The van der Waals surface area contributed by atoms with Crippen molar-refractivity contribution < 1.29 is 23.0 Å². The first kappa shape index (κ1) is 20.2. The van der Waals surface area contributed by atoms with E-state index in [9.17, 15) is 13.6 Å². The predicted molar refractivity (Wildman–Crippen MR) is 101 cm³/mol. The molecule has 0 saturated heterocycles. The zero-order chi connectivity index (χ0) is 21.0. The van der Waals surface area contributed by atoms with Crippen LogP contribution in [0, 0.1) is 11.6 Å². The summed E-state index contributed by atoms with van der Waals surface area (Å²) in [5, 5.41) is 7.63. The lowest BCUT2D eigenvalue weighted by atomic mass is 10.2. The minimum absolute atomic E-state index is 0.0738. The second kappa shape index (κ2) is 8.68. The van der Waals surface area contributed by atoms with E-state index in [2.05, 4.69) is 10.3 Å². The maximum absolute atomic E-state index is 13.8. The fourth-order valence-corrected chi connectivity index (χ4v) is 2.84. The second-order valence-electron chi connectivity index (χ2n) is 6.35. The number of carbonyl (C=O) groups excluding carboxylic acids is 1. The molecule has 1 aromatic heterocycles. The smallest absolute Gasteiger partial charge is 0.276 e. The summed E-state index contributed by atoms with van der Waals surface area (Å²) >= 11 is 0. The standard InChI is InChI=1S/C20H20F2N4O3/c1-25(10-13-7-8-18(28-2)19(9-13)29-3)20(27)17-12-26(24-23-17)11-14-15(21)5-4-6-16(14)22/h4-9,12H,10-11H2,1-3H3. The Morgan fingerprint density at radius 3 is 2.45 bits per heavy atom. The van der Waals surface area contributed by atoms with Crippen molar-refractivity contribution in [2.75, 3.05) is 21.3 Å². The van der Waals surface area contributed by atoms with E-state index in [1.165, 1.54) is 29.0 Å². The lowest BCUT2D eigenvalue weighted by molar-refractivity contribution is 0.0779. The van der Waals surface area contributed by atoms with Crippen LogP contribution in [0.1, 0.15) is 21.6 Å². The summed E-state index contributed by atoms with van der Waals surface area (Å²) in [6.45, 7) is 0.131. The van der Waals surface area contributed by atoms with Gasteiger partial charge in [0.15, 0.2) is 17.2 Å². The molecule has 0 atom stereocenters. The number of halogens is 2. The number of carbonyl (C=O) groups is 1. The summed E-state index contributed by atoms with van der Waals surface area (Å²) < 4.78 is 39.3. The number of hydrogen-bond donors (Lipinski definition) is 0. The van der Waals surface area contributed by atoms with Crippen molar-refractivity contribution in [3.05, 3.63) is 71.1 Å². The molecule has 2 aromatic carbocycles. The number of ether oxygens (including phenoxy) is 2.